The van der Waals surface area contributed by atoms with Gasteiger partial charge in [0.2, 0.25) is 11.8 Å². The molecule has 0 atom stereocenters. The Bertz CT molecular complexity index is 1310. The summed E-state index contributed by atoms with van der Waals surface area (Å²) in [7, 11) is 3.11. The molecule has 11 heteroatoms. The molecule has 3 aromatic rings. The van der Waals surface area contributed by atoms with Crippen LogP contribution in [-0.4, -0.2) is 46.6 Å². The molecule has 2 N–H and O–H groups in total. The monoisotopic (exact) mass is 541 g/mol. The average molecular weight is 542 g/mol. The van der Waals surface area contributed by atoms with Crippen molar-refractivity contribution in [3.63, 3.8) is 0 Å². The number of nitrogens with zero attached hydrogens (tertiary/aromatic N) is 3. The Labute approximate surface area is 224 Å². The molecule has 0 fully saturated rings. The Hall–Kier alpha value is -3.76. The molecule has 0 saturated heterocycles. The number of carbonyl (C=O) groups is 2. The van der Waals surface area contributed by atoms with Crippen molar-refractivity contribution in [3.8, 4) is 11.5 Å². The Kier molecular flexibility index (Phi) is 10.2. The van der Waals surface area contributed by atoms with Crippen LogP contribution >= 0.6 is 23.4 Å². The van der Waals surface area contributed by atoms with Crippen molar-refractivity contribution >= 4 is 46.9 Å². The maximum atomic E-state index is 12.5. The number of anilines is 1. The fraction of sp³-hybridized carbons (Fsp3) is 0.231. The van der Waals surface area contributed by atoms with E-state index in [4.69, 9.17) is 21.1 Å². The number of nitrogens with one attached hydrogen (secondary N) is 2. The summed E-state index contributed by atoms with van der Waals surface area (Å²) in [5.41, 5.74) is 2.36. The topological polar surface area (TPSA) is 107 Å². The molecule has 0 aliphatic rings. The first-order chi connectivity index (χ1) is 17.8. The standard InChI is InChI=1S/C26H28ClN5O4S/c1-5-12-32-23(15-28-24(33)11-7-18-6-10-21(35-3)22(14-18)36-4)30-31-26(32)37-16-25(34)29-20-9-8-19(27)13-17(20)2/h5-11,13-14H,1,12,15-16H2,2-4H3,(H,28,33)(H,29,34)/b11-7+. The van der Waals surface area contributed by atoms with Gasteiger partial charge in [0, 0.05) is 23.3 Å². The van der Waals surface area contributed by atoms with E-state index in [0.29, 0.717) is 39.7 Å². The van der Waals surface area contributed by atoms with Crippen LogP contribution in [0, 0.1) is 6.92 Å². The van der Waals surface area contributed by atoms with Crippen LogP contribution in [0.1, 0.15) is 17.0 Å². The molecule has 2 aromatic carbocycles. The number of carbonyl (C=O) groups excluding carboxylic acids is 2. The highest BCUT2D eigenvalue weighted by Gasteiger charge is 2.14. The Morgan fingerprint density at radius 2 is 1.92 bits per heavy atom. The molecule has 0 unspecified atom stereocenters. The van der Waals surface area contributed by atoms with Crippen molar-refractivity contribution in [1.29, 1.82) is 0 Å². The van der Waals surface area contributed by atoms with Gasteiger partial charge >= 0.3 is 0 Å². The average Bonchev–Trinajstić information content (AvgIpc) is 3.27. The summed E-state index contributed by atoms with van der Waals surface area (Å²) in [6.07, 6.45) is 4.80. The molecule has 1 aromatic heterocycles. The number of hydrogen-bond acceptors (Lipinski definition) is 7. The van der Waals surface area contributed by atoms with E-state index in [1.54, 1.807) is 61.3 Å². The highest BCUT2D eigenvalue weighted by molar-refractivity contribution is 7.99. The number of rotatable bonds is 12. The van der Waals surface area contributed by atoms with E-state index in [9.17, 15) is 9.59 Å². The van der Waals surface area contributed by atoms with Crippen molar-refractivity contribution in [1.82, 2.24) is 20.1 Å². The normalized spacial score (nSPS) is 10.8. The number of benzene rings is 2. The quantitative estimate of drug-likeness (QED) is 0.197. The highest BCUT2D eigenvalue weighted by Crippen LogP contribution is 2.28. The molecule has 194 valence electrons. The maximum Gasteiger partial charge on any atom is 0.244 e. The second-order valence-electron chi connectivity index (χ2n) is 7.76. The lowest BCUT2D eigenvalue weighted by Gasteiger charge is -2.10. The van der Waals surface area contributed by atoms with Gasteiger partial charge < -0.3 is 24.7 Å². The number of halogens is 1. The number of allylic oxidation sites excluding steroid dienone is 1. The second-order valence-corrected chi connectivity index (χ2v) is 9.14. The van der Waals surface area contributed by atoms with Crippen LogP contribution in [0.4, 0.5) is 5.69 Å². The van der Waals surface area contributed by atoms with Gasteiger partial charge in [0.1, 0.15) is 0 Å². The van der Waals surface area contributed by atoms with E-state index < -0.39 is 0 Å². The third-order valence-corrected chi connectivity index (χ3v) is 6.36. The van der Waals surface area contributed by atoms with Crippen LogP contribution < -0.4 is 20.1 Å². The number of aryl methyl sites for hydroxylation is 1. The minimum Gasteiger partial charge on any atom is -0.493 e. The van der Waals surface area contributed by atoms with E-state index in [1.165, 1.54) is 17.8 Å². The summed E-state index contributed by atoms with van der Waals surface area (Å²) in [4.78, 5) is 24.8. The van der Waals surface area contributed by atoms with Crippen LogP contribution in [0.25, 0.3) is 6.08 Å². The van der Waals surface area contributed by atoms with Gasteiger partial charge in [-0.3, -0.25) is 9.59 Å². The first-order valence-corrected chi connectivity index (χ1v) is 12.6. The van der Waals surface area contributed by atoms with Crippen LogP contribution in [0.3, 0.4) is 0 Å². The van der Waals surface area contributed by atoms with Crippen molar-refractivity contribution < 1.29 is 19.1 Å². The predicted molar refractivity (Wildman–Crippen MR) is 146 cm³/mol. The number of hydrogen-bond donors (Lipinski definition) is 2. The first kappa shape index (κ1) is 27.8. The molecule has 0 saturated carbocycles. The largest absolute Gasteiger partial charge is 0.493 e. The molecule has 2 amide bonds. The lowest BCUT2D eigenvalue weighted by molar-refractivity contribution is -0.116. The molecule has 1 heterocycles. The third kappa shape index (κ3) is 7.86. The van der Waals surface area contributed by atoms with Crippen LogP contribution in [-0.2, 0) is 22.7 Å². The van der Waals surface area contributed by atoms with Gasteiger partial charge in [-0.2, -0.15) is 0 Å². The van der Waals surface area contributed by atoms with Gasteiger partial charge in [-0.05, 0) is 54.5 Å². The number of ether oxygens (including phenoxy) is 2. The van der Waals surface area contributed by atoms with E-state index >= 15 is 0 Å². The molecule has 0 aliphatic heterocycles. The highest BCUT2D eigenvalue weighted by atomic mass is 35.5. The summed E-state index contributed by atoms with van der Waals surface area (Å²) in [6.45, 7) is 6.24. The Morgan fingerprint density at radius 1 is 1.14 bits per heavy atom. The number of thioether (sulfide) groups is 1. The lowest BCUT2D eigenvalue weighted by Crippen LogP contribution is -2.23. The fourth-order valence-corrected chi connectivity index (χ4v) is 4.30. The molecule has 0 radical (unpaired) electrons. The zero-order valence-electron chi connectivity index (χ0n) is 20.8. The van der Waals surface area contributed by atoms with Gasteiger partial charge in [0.05, 0.1) is 26.5 Å². The third-order valence-electron chi connectivity index (χ3n) is 5.16. The van der Waals surface area contributed by atoms with Crippen molar-refractivity contribution in [3.05, 3.63) is 77.1 Å². The number of methoxy groups -OCH3 is 2. The number of aromatic nitrogens is 3. The van der Waals surface area contributed by atoms with Gasteiger partial charge in [-0.15, -0.1) is 16.8 Å². The van der Waals surface area contributed by atoms with Gasteiger partial charge in [-0.25, -0.2) is 0 Å². The van der Waals surface area contributed by atoms with Crippen LogP contribution in [0.5, 0.6) is 11.5 Å². The van der Waals surface area contributed by atoms with Crippen molar-refractivity contribution in [2.24, 2.45) is 0 Å². The van der Waals surface area contributed by atoms with Gasteiger partial charge in [-0.1, -0.05) is 35.5 Å². The Morgan fingerprint density at radius 3 is 2.62 bits per heavy atom. The van der Waals surface area contributed by atoms with Crippen molar-refractivity contribution in [2.75, 3.05) is 25.3 Å². The Balaban J connectivity index is 1.58. The molecular weight excluding hydrogens is 514 g/mol. The molecule has 0 bridgehead atoms. The lowest BCUT2D eigenvalue weighted by atomic mass is 10.2. The molecule has 37 heavy (non-hydrogen) atoms. The molecule has 3 rings (SSSR count). The summed E-state index contributed by atoms with van der Waals surface area (Å²) in [6, 6.07) is 10.6. The minimum absolute atomic E-state index is 0.137. The molecule has 0 spiro atoms. The van der Waals surface area contributed by atoms with Gasteiger partial charge in [0.15, 0.2) is 22.5 Å². The van der Waals surface area contributed by atoms with E-state index in [0.717, 1.165) is 11.1 Å². The van der Waals surface area contributed by atoms with E-state index in [1.807, 2.05) is 13.0 Å². The summed E-state index contributed by atoms with van der Waals surface area (Å²) in [5, 5.41) is 15.2. The summed E-state index contributed by atoms with van der Waals surface area (Å²) >= 11 is 7.22. The SMILES string of the molecule is C=CCn1c(CNC(=O)/C=C/c2ccc(OC)c(OC)c2)nnc1SCC(=O)Nc1ccc(Cl)cc1C. The van der Waals surface area contributed by atoms with Crippen molar-refractivity contribution in [2.45, 2.75) is 25.2 Å². The smallest absolute Gasteiger partial charge is 0.244 e. The minimum atomic E-state index is -0.296. The second kappa shape index (κ2) is 13.5. The number of amides is 2. The molecule has 9 nitrogen and oxygen atoms in total. The zero-order valence-corrected chi connectivity index (χ0v) is 22.4. The van der Waals surface area contributed by atoms with E-state index in [2.05, 4.69) is 27.4 Å². The summed E-state index contributed by atoms with van der Waals surface area (Å²) in [5.74, 6) is 1.39. The fourth-order valence-electron chi connectivity index (χ4n) is 3.31. The summed E-state index contributed by atoms with van der Waals surface area (Å²) < 4.78 is 12.3. The van der Waals surface area contributed by atoms with Crippen LogP contribution in [0.2, 0.25) is 5.02 Å². The van der Waals surface area contributed by atoms with Crippen LogP contribution in [0.15, 0.2) is 60.3 Å². The molecular formula is C26H28ClN5O4S. The maximum absolute atomic E-state index is 12.5. The zero-order chi connectivity index (χ0) is 26.8. The molecule has 0 aliphatic carbocycles. The van der Waals surface area contributed by atoms with E-state index in [-0.39, 0.29) is 24.1 Å². The predicted octanol–water partition coefficient (Wildman–Crippen LogP) is 4.50. The first-order valence-electron chi connectivity index (χ1n) is 11.2. The van der Waals surface area contributed by atoms with Gasteiger partial charge in [0.25, 0.3) is 0 Å².